The highest BCUT2D eigenvalue weighted by Gasteiger charge is 2.26. The van der Waals surface area contributed by atoms with Gasteiger partial charge in [-0.15, -0.1) is 0 Å². The number of hydrogen-bond donors (Lipinski definition) is 1. The van der Waals surface area contributed by atoms with Crippen LogP contribution in [0.4, 0.5) is 0 Å². The topological polar surface area (TPSA) is 93.0 Å². The van der Waals surface area contributed by atoms with Crippen LogP contribution in [-0.2, 0) is 21.4 Å². The molecule has 0 saturated heterocycles. The Balaban J connectivity index is 1.48. The largest absolute Gasteiger partial charge is 0.494 e. The van der Waals surface area contributed by atoms with Crippen LogP contribution >= 0.6 is 0 Å². The van der Waals surface area contributed by atoms with Crippen molar-refractivity contribution in [1.82, 2.24) is 14.3 Å². The molecule has 1 amide bonds. The quantitative estimate of drug-likeness (QED) is 0.216. The van der Waals surface area contributed by atoms with Gasteiger partial charge < -0.3 is 9.30 Å². The third kappa shape index (κ3) is 6.81. The predicted octanol–water partition coefficient (Wildman–Crippen LogP) is 4.83. The molecule has 1 heterocycles. The van der Waals surface area contributed by atoms with Crippen LogP contribution in [0.5, 0.6) is 5.75 Å². The van der Waals surface area contributed by atoms with E-state index in [-0.39, 0.29) is 18.0 Å². The van der Waals surface area contributed by atoms with Crippen LogP contribution in [0.15, 0.2) is 101 Å². The Hall–Kier alpha value is -4.21. The number of nitrogens with zero attached hydrogens (tertiary/aromatic N) is 3. The summed E-state index contributed by atoms with van der Waals surface area (Å²) < 4.78 is 35.5. The lowest BCUT2D eigenvalue weighted by Gasteiger charge is -2.21. The van der Waals surface area contributed by atoms with Gasteiger partial charge in [0.05, 0.1) is 24.3 Å². The molecule has 3 aromatic carbocycles. The number of sulfonamides is 1. The van der Waals surface area contributed by atoms with E-state index in [1.54, 1.807) is 24.4 Å². The summed E-state index contributed by atoms with van der Waals surface area (Å²) in [6.07, 6.45) is 1.57. The van der Waals surface area contributed by atoms with Gasteiger partial charge in [0.25, 0.3) is 5.91 Å². The SMILES string of the molecule is CCOc1ccc(-n2c(C)cc(/C=N\NC(=O)CN(Cc3ccccc3)S(=O)(=O)c3ccccc3)c2C)cc1. The molecule has 0 aliphatic heterocycles. The molecule has 9 heteroatoms. The Bertz CT molecular complexity index is 1530. The Labute approximate surface area is 229 Å². The molecule has 0 aliphatic carbocycles. The van der Waals surface area contributed by atoms with Crippen molar-refractivity contribution in [2.24, 2.45) is 5.10 Å². The van der Waals surface area contributed by atoms with Crippen LogP contribution in [0, 0.1) is 13.8 Å². The number of rotatable bonds is 11. The zero-order chi connectivity index (χ0) is 27.8. The molecule has 0 bridgehead atoms. The van der Waals surface area contributed by atoms with Gasteiger partial charge in [-0.25, -0.2) is 13.8 Å². The zero-order valence-corrected chi connectivity index (χ0v) is 23.1. The lowest BCUT2D eigenvalue weighted by molar-refractivity contribution is -0.121. The molecule has 1 aromatic heterocycles. The molecule has 0 unspecified atom stereocenters. The van der Waals surface area contributed by atoms with Crippen molar-refractivity contribution >= 4 is 22.1 Å². The standard InChI is InChI=1S/C30H32N4O4S/c1-4-38-28-17-15-27(16-18-28)34-23(2)19-26(24(34)3)20-31-32-30(35)22-33(21-25-11-7-5-8-12-25)39(36,37)29-13-9-6-10-14-29/h5-20H,4,21-22H2,1-3H3,(H,32,35)/b31-20-. The maximum absolute atomic E-state index is 13.3. The second-order valence-corrected chi connectivity index (χ2v) is 10.9. The van der Waals surface area contributed by atoms with E-state index in [0.717, 1.165) is 38.3 Å². The van der Waals surface area contributed by atoms with Gasteiger partial charge in [-0.2, -0.15) is 9.41 Å². The Morgan fingerprint density at radius 1 is 0.974 bits per heavy atom. The molecule has 0 saturated carbocycles. The van der Waals surface area contributed by atoms with Crippen LogP contribution in [-0.4, -0.2) is 42.6 Å². The summed E-state index contributed by atoms with van der Waals surface area (Å²) in [7, 11) is -3.91. The fraction of sp³-hybridized carbons (Fsp3) is 0.200. The van der Waals surface area contributed by atoms with Crippen LogP contribution < -0.4 is 10.2 Å². The van der Waals surface area contributed by atoms with Crippen LogP contribution in [0.2, 0.25) is 0 Å². The molecule has 8 nitrogen and oxygen atoms in total. The van der Waals surface area contributed by atoms with Gasteiger partial charge in [0.2, 0.25) is 10.0 Å². The van der Waals surface area contributed by atoms with E-state index in [1.807, 2.05) is 81.4 Å². The molecule has 202 valence electrons. The van der Waals surface area contributed by atoms with Gasteiger partial charge >= 0.3 is 0 Å². The number of hydrogen-bond acceptors (Lipinski definition) is 5. The van der Waals surface area contributed by atoms with Gasteiger partial charge in [0.15, 0.2) is 0 Å². The third-order valence-electron chi connectivity index (χ3n) is 6.17. The maximum Gasteiger partial charge on any atom is 0.255 e. The van der Waals surface area contributed by atoms with Crippen LogP contribution in [0.1, 0.15) is 29.4 Å². The molecule has 4 rings (SSSR count). The summed E-state index contributed by atoms with van der Waals surface area (Å²) in [6.45, 7) is 6.19. The lowest BCUT2D eigenvalue weighted by atomic mass is 10.2. The first-order chi connectivity index (χ1) is 18.8. The van der Waals surface area contributed by atoms with Crippen molar-refractivity contribution in [1.29, 1.82) is 0 Å². The third-order valence-corrected chi connectivity index (χ3v) is 7.98. The Kier molecular flexibility index (Phi) is 8.96. The number of carbonyl (C=O) groups excluding carboxylic acids is 1. The average Bonchev–Trinajstić information content (AvgIpc) is 3.22. The lowest BCUT2D eigenvalue weighted by Crippen LogP contribution is -2.39. The first-order valence-electron chi connectivity index (χ1n) is 12.6. The zero-order valence-electron chi connectivity index (χ0n) is 22.2. The van der Waals surface area contributed by atoms with Crippen molar-refractivity contribution in [3.8, 4) is 11.4 Å². The number of benzene rings is 3. The first-order valence-corrected chi connectivity index (χ1v) is 14.1. The molecule has 0 atom stereocenters. The summed E-state index contributed by atoms with van der Waals surface area (Å²) in [5, 5.41) is 4.12. The highest BCUT2D eigenvalue weighted by molar-refractivity contribution is 7.89. The molecular weight excluding hydrogens is 512 g/mol. The number of nitrogens with one attached hydrogen (secondary N) is 1. The minimum Gasteiger partial charge on any atom is -0.494 e. The average molecular weight is 545 g/mol. The van der Waals surface area contributed by atoms with Gasteiger partial charge in [-0.3, -0.25) is 4.79 Å². The van der Waals surface area contributed by atoms with E-state index in [9.17, 15) is 13.2 Å². The number of ether oxygens (including phenoxy) is 1. The van der Waals surface area contributed by atoms with Gasteiger partial charge in [-0.1, -0.05) is 48.5 Å². The summed E-state index contributed by atoms with van der Waals surface area (Å²) in [5.74, 6) is 0.269. The smallest absolute Gasteiger partial charge is 0.255 e. The maximum atomic E-state index is 13.3. The molecule has 1 N–H and O–H groups in total. The first kappa shape index (κ1) is 27.8. The highest BCUT2D eigenvalue weighted by Crippen LogP contribution is 2.22. The second kappa shape index (κ2) is 12.6. The molecule has 0 spiro atoms. The van der Waals surface area contributed by atoms with E-state index < -0.39 is 15.9 Å². The molecule has 0 radical (unpaired) electrons. The van der Waals surface area contributed by atoms with E-state index in [0.29, 0.717) is 6.61 Å². The minimum atomic E-state index is -3.91. The van der Waals surface area contributed by atoms with Crippen molar-refractivity contribution in [3.63, 3.8) is 0 Å². The summed E-state index contributed by atoms with van der Waals surface area (Å²) in [6, 6.07) is 27.1. The number of aromatic nitrogens is 1. The fourth-order valence-electron chi connectivity index (χ4n) is 4.30. The molecule has 0 aliphatic rings. The predicted molar refractivity (Wildman–Crippen MR) is 153 cm³/mol. The Morgan fingerprint density at radius 2 is 1.62 bits per heavy atom. The summed E-state index contributed by atoms with van der Waals surface area (Å²) >= 11 is 0. The number of carbonyl (C=O) groups is 1. The van der Waals surface area contributed by atoms with E-state index in [4.69, 9.17) is 4.74 Å². The normalized spacial score (nSPS) is 11.7. The van der Waals surface area contributed by atoms with Crippen molar-refractivity contribution < 1.29 is 17.9 Å². The highest BCUT2D eigenvalue weighted by atomic mass is 32.2. The Morgan fingerprint density at radius 3 is 2.26 bits per heavy atom. The van der Waals surface area contributed by atoms with E-state index in [1.165, 1.54) is 12.1 Å². The van der Waals surface area contributed by atoms with Crippen molar-refractivity contribution in [3.05, 3.63) is 114 Å². The van der Waals surface area contributed by atoms with Gasteiger partial charge in [-0.05, 0) is 68.8 Å². The number of amides is 1. The molecule has 0 fully saturated rings. The van der Waals surface area contributed by atoms with Gasteiger partial charge in [0.1, 0.15) is 5.75 Å². The van der Waals surface area contributed by atoms with E-state index in [2.05, 4.69) is 15.1 Å². The van der Waals surface area contributed by atoms with Crippen LogP contribution in [0.3, 0.4) is 0 Å². The molecular formula is C30H32N4O4S. The number of hydrazone groups is 1. The summed E-state index contributed by atoms with van der Waals surface area (Å²) in [5.41, 5.74) is 7.04. The monoisotopic (exact) mass is 544 g/mol. The fourth-order valence-corrected chi connectivity index (χ4v) is 5.70. The summed E-state index contributed by atoms with van der Waals surface area (Å²) in [4.78, 5) is 13.0. The van der Waals surface area contributed by atoms with E-state index >= 15 is 0 Å². The van der Waals surface area contributed by atoms with Crippen molar-refractivity contribution in [2.75, 3.05) is 13.2 Å². The second-order valence-electron chi connectivity index (χ2n) is 8.95. The van der Waals surface area contributed by atoms with Crippen molar-refractivity contribution in [2.45, 2.75) is 32.2 Å². The minimum absolute atomic E-state index is 0.0540. The molecule has 4 aromatic rings. The number of aryl methyl sites for hydroxylation is 1. The van der Waals surface area contributed by atoms with Crippen LogP contribution in [0.25, 0.3) is 5.69 Å². The van der Waals surface area contributed by atoms with Gasteiger partial charge in [0, 0.05) is 29.2 Å². The molecule has 39 heavy (non-hydrogen) atoms.